The molecule has 2 N–H and O–H groups in total. The molecular weight excluding hydrogens is 288 g/mol. The van der Waals surface area contributed by atoms with E-state index in [0.717, 1.165) is 0 Å². The van der Waals surface area contributed by atoms with Crippen molar-refractivity contribution < 1.29 is 9.59 Å². The molecule has 0 spiro atoms. The van der Waals surface area contributed by atoms with Crippen LogP contribution in [-0.4, -0.2) is 24.9 Å². The quantitative estimate of drug-likeness (QED) is 0.759. The molecule has 0 saturated carbocycles. The average molecular weight is 318 g/mol. The SMILES string of the molecule is CC(C)(C)C(=O)NCCCC(=O)NCC(C)(C)c1ccccc1. The zero-order chi connectivity index (χ0) is 17.5. The summed E-state index contributed by atoms with van der Waals surface area (Å²) >= 11 is 0. The lowest BCUT2D eigenvalue weighted by Gasteiger charge is -2.25. The Hall–Kier alpha value is -1.84. The fraction of sp³-hybridized carbons (Fsp3) is 0.579. The second-order valence-electron chi connectivity index (χ2n) is 7.64. The van der Waals surface area contributed by atoms with Gasteiger partial charge in [-0.1, -0.05) is 65.0 Å². The van der Waals surface area contributed by atoms with E-state index in [0.29, 0.717) is 25.9 Å². The van der Waals surface area contributed by atoms with E-state index in [-0.39, 0.29) is 22.6 Å². The van der Waals surface area contributed by atoms with Crippen molar-refractivity contribution >= 4 is 11.8 Å². The Kier molecular flexibility index (Phi) is 6.79. The number of carbonyl (C=O) groups is 2. The molecule has 0 radical (unpaired) electrons. The molecule has 1 aromatic carbocycles. The van der Waals surface area contributed by atoms with Crippen LogP contribution in [0.15, 0.2) is 30.3 Å². The van der Waals surface area contributed by atoms with E-state index in [1.54, 1.807) is 0 Å². The molecule has 1 aromatic rings. The van der Waals surface area contributed by atoms with Crippen LogP contribution >= 0.6 is 0 Å². The number of benzene rings is 1. The van der Waals surface area contributed by atoms with E-state index in [4.69, 9.17) is 0 Å². The number of hydrogen-bond acceptors (Lipinski definition) is 2. The van der Waals surface area contributed by atoms with Crippen LogP contribution < -0.4 is 10.6 Å². The molecular formula is C19H30N2O2. The molecule has 4 nitrogen and oxygen atoms in total. The fourth-order valence-electron chi connectivity index (χ4n) is 2.12. The molecule has 0 fully saturated rings. The second kappa shape index (κ2) is 8.14. The standard InChI is InChI=1S/C19H30N2O2/c1-18(2,3)17(23)20-13-9-12-16(22)21-14-19(4,5)15-10-7-6-8-11-15/h6-8,10-11H,9,12-14H2,1-5H3,(H,20,23)(H,21,22). The Morgan fingerprint density at radius 3 is 2.13 bits per heavy atom. The summed E-state index contributed by atoms with van der Waals surface area (Å²) in [5.74, 6) is 0.0436. The van der Waals surface area contributed by atoms with Gasteiger partial charge in [0, 0.05) is 30.3 Å². The molecule has 128 valence electrons. The van der Waals surface area contributed by atoms with Crippen LogP contribution in [0.1, 0.15) is 53.0 Å². The second-order valence-corrected chi connectivity index (χ2v) is 7.64. The topological polar surface area (TPSA) is 58.2 Å². The first-order chi connectivity index (χ1) is 10.6. The summed E-state index contributed by atoms with van der Waals surface area (Å²) < 4.78 is 0. The van der Waals surface area contributed by atoms with Crippen molar-refractivity contribution in [3.8, 4) is 0 Å². The monoisotopic (exact) mass is 318 g/mol. The molecule has 0 aliphatic carbocycles. The Balaban J connectivity index is 2.28. The van der Waals surface area contributed by atoms with Gasteiger partial charge in [-0.3, -0.25) is 9.59 Å². The molecule has 0 heterocycles. The van der Waals surface area contributed by atoms with Gasteiger partial charge in [-0.15, -0.1) is 0 Å². The van der Waals surface area contributed by atoms with Crippen LogP contribution in [0.5, 0.6) is 0 Å². The molecule has 0 aliphatic rings. The maximum absolute atomic E-state index is 11.9. The summed E-state index contributed by atoms with van der Waals surface area (Å²) in [7, 11) is 0. The first-order valence-corrected chi connectivity index (χ1v) is 8.23. The highest BCUT2D eigenvalue weighted by molar-refractivity contribution is 5.81. The lowest BCUT2D eigenvalue weighted by Crippen LogP contribution is -2.38. The molecule has 0 atom stereocenters. The Morgan fingerprint density at radius 1 is 0.957 bits per heavy atom. The van der Waals surface area contributed by atoms with Crippen molar-refractivity contribution in [3.63, 3.8) is 0 Å². The van der Waals surface area contributed by atoms with Crippen LogP contribution in [-0.2, 0) is 15.0 Å². The molecule has 0 saturated heterocycles. The summed E-state index contributed by atoms with van der Waals surface area (Å²) in [6.07, 6.45) is 1.08. The van der Waals surface area contributed by atoms with E-state index in [2.05, 4.69) is 36.6 Å². The van der Waals surface area contributed by atoms with E-state index in [9.17, 15) is 9.59 Å². The molecule has 23 heavy (non-hydrogen) atoms. The van der Waals surface area contributed by atoms with Gasteiger partial charge in [0.2, 0.25) is 11.8 Å². The average Bonchev–Trinajstić information content (AvgIpc) is 2.49. The molecule has 0 bridgehead atoms. The smallest absolute Gasteiger partial charge is 0.225 e. The van der Waals surface area contributed by atoms with Gasteiger partial charge in [0.05, 0.1) is 0 Å². The highest BCUT2D eigenvalue weighted by atomic mass is 16.2. The minimum absolute atomic E-state index is 0.0168. The van der Waals surface area contributed by atoms with E-state index < -0.39 is 0 Å². The van der Waals surface area contributed by atoms with Crippen molar-refractivity contribution in [3.05, 3.63) is 35.9 Å². The van der Waals surface area contributed by atoms with Gasteiger partial charge in [-0.05, 0) is 12.0 Å². The Labute approximate surface area is 140 Å². The van der Waals surface area contributed by atoms with E-state index >= 15 is 0 Å². The van der Waals surface area contributed by atoms with Gasteiger partial charge < -0.3 is 10.6 Å². The Morgan fingerprint density at radius 2 is 1.57 bits per heavy atom. The fourth-order valence-corrected chi connectivity index (χ4v) is 2.12. The van der Waals surface area contributed by atoms with Crippen molar-refractivity contribution in [1.82, 2.24) is 10.6 Å². The molecule has 4 heteroatoms. The van der Waals surface area contributed by atoms with Crippen molar-refractivity contribution in [2.45, 2.75) is 52.9 Å². The first kappa shape index (κ1) is 19.2. The van der Waals surface area contributed by atoms with Crippen LogP contribution in [0, 0.1) is 5.41 Å². The first-order valence-electron chi connectivity index (χ1n) is 8.23. The third-order valence-corrected chi connectivity index (χ3v) is 3.83. The lowest BCUT2D eigenvalue weighted by molar-refractivity contribution is -0.128. The zero-order valence-electron chi connectivity index (χ0n) is 15.0. The third-order valence-electron chi connectivity index (χ3n) is 3.83. The Bertz CT molecular complexity index is 516. The van der Waals surface area contributed by atoms with Gasteiger partial charge in [0.1, 0.15) is 0 Å². The maximum Gasteiger partial charge on any atom is 0.225 e. The number of amides is 2. The minimum Gasteiger partial charge on any atom is -0.356 e. The maximum atomic E-state index is 11.9. The summed E-state index contributed by atoms with van der Waals surface area (Å²) in [5, 5.41) is 5.85. The minimum atomic E-state index is -0.387. The predicted octanol–water partition coefficient (Wildman–Crippen LogP) is 3.02. The summed E-state index contributed by atoms with van der Waals surface area (Å²) in [4.78, 5) is 23.7. The van der Waals surface area contributed by atoms with E-state index in [1.165, 1.54) is 5.56 Å². The number of rotatable bonds is 7. The summed E-state index contributed by atoms with van der Waals surface area (Å²) in [6, 6.07) is 10.2. The predicted molar refractivity (Wildman–Crippen MR) is 94.2 cm³/mol. The molecule has 0 unspecified atom stereocenters. The van der Waals surface area contributed by atoms with Gasteiger partial charge in [-0.25, -0.2) is 0 Å². The number of hydrogen-bond donors (Lipinski definition) is 2. The molecule has 0 aliphatic heterocycles. The van der Waals surface area contributed by atoms with Crippen molar-refractivity contribution in [2.75, 3.05) is 13.1 Å². The lowest BCUT2D eigenvalue weighted by atomic mass is 9.84. The van der Waals surface area contributed by atoms with Crippen molar-refractivity contribution in [1.29, 1.82) is 0 Å². The van der Waals surface area contributed by atoms with E-state index in [1.807, 2.05) is 39.0 Å². The van der Waals surface area contributed by atoms with Gasteiger partial charge in [-0.2, -0.15) is 0 Å². The third kappa shape index (κ3) is 6.85. The van der Waals surface area contributed by atoms with Crippen LogP contribution in [0.25, 0.3) is 0 Å². The molecule has 2 amide bonds. The number of carbonyl (C=O) groups excluding carboxylic acids is 2. The zero-order valence-corrected chi connectivity index (χ0v) is 15.0. The summed E-state index contributed by atoms with van der Waals surface area (Å²) in [6.45, 7) is 11.0. The highest BCUT2D eigenvalue weighted by Gasteiger charge is 2.22. The number of nitrogens with one attached hydrogen (secondary N) is 2. The van der Waals surface area contributed by atoms with Gasteiger partial charge in [0.25, 0.3) is 0 Å². The van der Waals surface area contributed by atoms with Crippen molar-refractivity contribution in [2.24, 2.45) is 5.41 Å². The van der Waals surface area contributed by atoms with Crippen LogP contribution in [0.3, 0.4) is 0 Å². The van der Waals surface area contributed by atoms with Gasteiger partial charge in [0.15, 0.2) is 0 Å². The largest absolute Gasteiger partial charge is 0.356 e. The normalized spacial score (nSPS) is 11.9. The van der Waals surface area contributed by atoms with Crippen LogP contribution in [0.4, 0.5) is 0 Å². The summed E-state index contributed by atoms with van der Waals surface area (Å²) in [5.41, 5.74) is 0.719. The van der Waals surface area contributed by atoms with Crippen LogP contribution in [0.2, 0.25) is 0 Å². The molecule has 0 aromatic heterocycles. The molecule has 1 rings (SSSR count). The van der Waals surface area contributed by atoms with Gasteiger partial charge >= 0.3 is 0 Å². The highest BCUT2D eigenvalue weighted by Crippen LogP contribution is 2.21.